The first kappa shape index (κ1) is 19.3. The molecule has 0 spiro atoms. The van der Waals surface area contributed by atoms with Crippen LogP contribution in [0.2, 0.25) is 0 Å². The Bertz CT molecular complexity index is 1300. The summed E-state index contributed by atoms with van der Waals surface area (Å²) in [6.45, 7) is 1.29. The third-order valence-corrected chi connectivity index (χ3v) is 6.14. The molecule has 0 unspecified atom stereocenters. The van der Waals surface area contributed by atoms with Crippen LogP contribution in [0.3, 0.4) is 0 Å². The molecule has 0 radical (unpaired) electrons. The summed E-state index contributed by atoms with van der Waals surface area (Å²) in [5.74, 6) is -2.67. The lowest BCUT2D eigenvalue weighted by atomic mass is 9.98. The standard InChI is InChI=1S/C20H21F2N9O/c21-20(22)11-29(12-9-32-10-12)6-4-15(20)26-19-27-18(23)17-13(2-7-31(17)28-19)14-3-8-30-16(25-14)1-5-24-30/h1-3,5,7-8,12,15H,4,6,9-11H2,(H3,23,26,27,28)/t15-/m1/s1. The molecule has 0 aliphatic carbocycles. The highest BCUT2D eigenvalue weighted by atomic mass is 19.3. The average molecular weight is 441 g/mol. The summed E-state index contributed by atoms with van der Waals surface area (Å²) in [4.78, 5) is 10.7. The highest BCUT2D eigenvalue weighted by molar-refractivity contribution is 5.86. The van der Waals surface area contributed by atoms with E-state index in [2.05, 4.69) is 25.5 Å². The number of ether oxygens (including phenoxy) is 1. The number of rotatable bonds is 4. The van der Waals surface area contributed by atoms with Gasteiger partial charge in [-0.2, -0.15) is 10.1 Å². The van der Waals surface area contributed by atoms with Crippen molar-refractivity contribution >= 4 is 22.9 Å². The van der Waals surface area contributed by atoms with Crippen LogP contribution < -0.4 is 11.1 Å². The molecular formula is C20H21F2N9O. The molecule has 1 atom stereocenters. The van der Waals surface area contributed by atoms with Crippen molar-refractivity contribution in [3.63, 3.8) is 0 Å². The largest absolute Gasteiger partial charge is 0.382 e. The van der Waals surface area contributed by atoms with Gasteiger partial charge in [-0.05, 0) is 18.6 Å². The first-order valence-corrected chi connectivity index (χ1v) is 10.4. The molecular weight excluding hydrogens is 420 g/mol. The van der Waals surface area contributed by atoms with Gasteiger partial charge in [0, 0.05) is 30.6 Å². The molecule has 0 bridgehead atoms. The Morgan fingerprint density at radius 2 is 1.97 bits per heavy atom. The van der Waals surface area contributed by atoms with Gasteiger partial charge in [-0.1, -0.05) is 0 Å². The minimum atomic E-state index is -2.92. The SMILES string of the molecule is Nc1nc(N[C@@H]2CCN(C3COC3)CC2(F)F)nn2ccc(-c3ccn4nccc4n3)c12. The van der Waals surface area contributed by atoms with E-state index in [1.807, 2.05) is 12.1 Å². The first-order chi connectivity index (χ1) is 15.5. The van der Waals surface area contributed by atoms with E-state index >= 15 is 0 Å². The van der Waals surface area contributed by atoms with Gasteiger partial charge in [-0.15, -0.1) is 5.10 Å². The fourth-order valence-electron chi connectivity index (χ4n) is 4.33. The Morgan fingerprint density at radius 3 is 2.75 bits per heavy atom. The molecule has 0 aromatic carbocycles. The van der Waals surface area contributed by atoms with Gasteiger partial charge in [0.1, 0.15) is 5.52 Å². The van der Waals surface area contributed by atoms with E-state index in [4.69, 9.17) is 10.5 Å². The number of alkyl halides is 2. The van der Waals surface area contributed by atoms with Gasteiger partial charge in [-0.3, -0.25) is 4.90 Å². The fraction of sp³-hybridized carbons (Fsp3) is 0.400. The molecule has 2 saturated heterocycles. The maximum Gasteiger partial charge on any atom is 0.280 e. The number of aromatic nitrogens is 6. The van der Waals surface area contributed by atoms with Crippen LogP contribution >= 0.6 is 0 Å². The topological polar surface area (TPSA) is 111 Å². The number of piperidine rings is 1. The van der Waals surface area contributed by atoms with Crippen molar-refractivity contribution in [2.75, 3.05) is 37.4 Å². The highest BCUT2D eigenvalue weighted by Crippen LogP contribution is 2.32. The van der Waals surface area contributed by atoms with E-state index in [1.165, 1.54) is 0 Å². The molecule has 6 rings (SSSR count). The fourth-order valence-corrected chi connectivity index (χ4v) is 4.33. The van der Waals surface area contributed by atoms with Crippen LogP contribution in [-0.2, 0) is 4.74 Å². The van der Waals surface area contributed by atoms with Crippen LogP contribution in [0, 0.1) is 0 Å². The molecule has 2 aliphatic rings. The number of nitrogen functional groups attached to an aromatic ring is 1. The molecule has 3 N–H and O–H groups in total. The van der Waals surface area contributed by atoms with Crippen LogP contribution in [0.1, 0.15) is 6.42 Å². The van der Waals surface area contributed by atoms with Gasteiger partial charge in [0.25, 0.3) is 5.92 Å². The summed E-state index contributed by atoms with van der Waals surface area (Å²) in [5.41, 5.74) is 8.93. The van der Waals surface area contributed by atoms with Crippen molar-refractivity contribution in [2.45, 2.75) is 24.4 Å². The zero-order chi connectivity index (χ0) is 21.9. The summed E-state index contributed by atoms with van der Waals surface area (Å²) in [6, 6.07) is 4.46. The number of likely N-dealkylation sites (tertiary alicyclic amines) is 1. The minimum absolute atomic E-state index is 0.0708. The Hall–Kier alpha value is -3.38. The lowest BCUT2D eigenvalue weighted by Crippen LogP contribution is -2.61. The minimum Gasteiger partial charge on any atom is -0.382 e. The molecule has 10 nitrogen and oxygen atoms in total. The molecule has 12 heteroatoms. The zero-order valence-electron chi connectivity index (χ0n) is 17.0. The maximum atomic E-state index is 14.8. The molecule has 0 amide bonds. The predicted molar refractivity (Wildman–Crippen MR) is 113 cm³/mol. The number of hydrogen-bond acceptors (Lipinski definition) is 8. The number of anilines is 2. The monoisotopic (exact) mass is 441 g/mol. The normalized spacial score (nSPS) is 21.8. The van der Waals surface area contributed by atoms with E-state index < -0.39 is 12.0 Å². The van der Waals surface area contributed by atoms with Gasteiger partial charge >= 0.3 is 0 Å². The molecule has 32 heavy (non-hydrogen) atoms. The molecule has 4 aromatic heterocycles. The summed E-state index contributed by atoms with van der Waals surface area (Å²) in [5, 5.41) is 11.3. The quantitative estimate of drug-likeness (QED) is 0.491. The average Bonchev–Trinajstić information content (AvgIpc) is 3.34. The summed E-state index contributed by atoms with van der Waals surface area (Å²) < 4.78 is 38.0. The van der Waals surface area contributed by atoms with Crippen molar-refractivity contribution in [3.05, 3.63) is 36.8 Å². The van der Waals surface area contributed by atoms with Crippen LogP contribution in [0.5, 0.6) is 0 Å². The van der Waals surface area contributed by atoms with Gasteiger partial charge in [0.05, 0.1) is 43.7 Å². The maximum absolute atomic E-state index is 14.8. The van der Waals surface area contributed by atoms with E-state index in [1.54, 1.807) is 38.6 Å². The van der Waals surface area contributed by atoms with Gasteiger partial charge in [-0.25, -0.2) is 22.8 Å². The smallest absolute Gasteiger partial charge is 0.280 e. The van der Waals surface area contributed by atoms with Crippen LogP contribution in [0.15, 0.2) is 36.8 Å². The first-order valence-electron chi connectivity index (χ1n) is 10.4. The third-order valence-electron chi connectivity index (χ3n) is 6.14. The van der Waals surface area contributed by atoms with E-state index in [-0.39, 0.29) is 30.8 Å². The number of nitrogens with one attached hydrogen (secondary N) is 1. The van der Waals surface area contributed by atoms with Gasteiger partial charge in [0.2, 0.25) is 5.95 Å². The zero-order valence-corrected chi connectivity index (χ0v) is 17.0. The number of hydrogen-bond donors (Lipinski definition) is 2. The Morgan fingerprint density at radius 1 is 1.12 bits per heavy atom. The molecule has 166 valence electrons. The highest BCUT2D eigenvalue weighted by Gasteiger charge is 2.47. The number of fused-ring (bicyclic) bond motifs is 2. The number of nitrogens with zero attached hydrogens (tertiary/aromatic N) is 7. The number of nitrogens with two attached hydrogens (primary N) is 1. The Labute approximate surface area is 181 Å². The van der Waals surface area contributed by atoms with Crippen LogP contribution in [-0.4, -0.2) is 78.4 Å². The van der Waals surface area contributed by atoms with Crippen molar-refractivity contribution in [2.24, 2.45) is 0 Å². The summed E-state index contributed by atoms with van der Waals surface area (Å²) >= 11 is 0. The molecule has 6 heterocycles. The second-order valence-electron chi connectivity index (χ2n) is 8.20. The van der Waals surface area contributed by atoms with E-state index in [0.29, 0.717) is 36.6 Å². The third kappa shape index (κ3) is 3.14. The lowest BCUT2D eigenvalue weighted by molar-refractivity contribution is -0.131. The van der Waals surface area contributed by atoms with Crippen molar-refractivity contribution in [1.82, 2.24) is 34.1 Å². The van der Waals surface area contributed by atoms with E-state index in [0.717, 1.165) is 5.56 Å². The predicted octanol–water partition coefficient (Wildman–Crippen LogP) is 1.54. The Balaban J connectivity index is 1.27. The van der Waals surface area contributed by atoms with Crippen LogP contribution in [0.4, 0.5) is 20.5 Å². The van der Waals surface area contributed by atoms with E-state index in [9.17, 15) is 8.78 Å². The molecule has 2 fully saturated rings. The lowest BCUT2D eigenvalue weighted by Gasteiger charge is -2.44. The van der Waals surface area contributed by atoms with Crippen molar-refractivity contribution in [1.29, 1.82) is 0 Å². The summed E-state index contributed by atoms with van der Waals surface area (Å²) in [6.07, 6.45) is 5.46. The Kier molecular flexibility index (Phi) is 4.27. The second kappa shape index (κ2) is 7.07. The number of halogens is 2. The van der Waals surface area contributed by atoms with Gasteiger partial charge < -0.3 is 15.8 Å². The molecule has 2 aliphatic heterocycles. The van der Waals surface area contributed by atoms with Crippen molar-refractivity contribution < 1.29 is 13.5 Å². The summed E-state index contributed by atoms with van der Waals surface area (Å²) in [7, 11) is 0. The van der Waals surface area contributed by atoms with Gasteiger partial charge in [0.15, 0.2) is 11.5 Å². The molecule has 4 aromatic rings. The molecule has 0 saturated carbocycles. The van der Waals surface area contributed by atoms with Crippen LogP contribution in [0.25, 0.3) is 22.4 Å². The second-order valence-corrected chi connectivity index (χ2v) is 8.20. The van der Waals surface area contributed by atoms with Crippen molar-refractivity contribution in [3.8, 4) is 11.3 Å².